The van der Waals surface area contributed by atoms with E-state index in [-0.39, 0.29) is 5.56 Å². The first-order chi connectivity index (χ1) is 8.28. The van der Waals surface area contributed by atoms with E-state index in [1.54, 1.807) is 18.4 Å². The molecule has 0 radical (unpaired) electrons. The Balaban J connectivity index is 2.27. The van der Waals surface area contributed by atoms with Crippen molar-refractivity contribution < 1.29 is 4.42 Å². The Bertz CT molecular complexity index is 709. The Morgan fingerprint density at radius 3 is 3.06 bits per heavy atom. The lowest BCUT2D eigenvalue weighted by molar-refractivity contribution is 0.579. The van der Waals surface area contributed by atoms with Gasteiger partial charge in [0, 0.05) is 12.5 Å². The summed E-state index contributed by atoms with van der Waals surface area (Å²) in [4.78, 5) is 20.3. The zero-order chi connectivity index (χ0) is 11.8. The number of hydrogen-bond donors (Lipinski definition) is 1. The molecule has 0 unspecified atom stereocenters. The van der Waals surface area contributed by atoms with Crippen molar-refractivity contribution in [2.75, 3.05) is 0 Å². The van der Waals surface area contributed by atoms with Gasteiger partial charge in [0.2, 0.25) is 0 Å². The minimum Gasteiger partial charge on any atom is -0.463 e. The third kappa shape index (κ3) is 1.54. The van der Waals surface area contributed by atoms with Crippen LogP contribution in [0.4, 0.5) is 0 Å². The van der Waals surface area contributed by atoms with Crippen LogP contribution in [-0.4, -0.2) is 19.6 Å². The minimum absolute atomic E-state index is 0.200. The normalized spacial score (nSPS) is 11.1. The summed E-state index contributed by atoms with van der Waals surface area (Å²) in [5.74, 6) is 1.65. The summed E-state index contributed by atoms with van der Waals surface area (Å²) in [5, 5.41) is 2.89. The Morgan fingerprint density at radius 2 is 2.35 bits per heavy atom. The molecule has 3 rings (SSSR count). The van der Waals surface area contributed by atoms with E-state index in [0.29, 0.717) is 17.2 Å². The molecule has 17 heavy (non-hydrogen) atoms. The van der Waals surface area contributed by atoms with Crippen LogP contribution in [0.1, 0.15) is 12.7 Å². The number of rotatable bonds is 2. The van der Waals surface area contributed by atoms with E-state index in [4.69, 9.17) is 4.42 Å². The van der Waals surface area contributed by atoms with E-state index in [0.717, 1.165) is 12.2 Å². The highest BCUT2D eigenvalue weighted by molar-refractivity contribution is 5.53. The molecule has 0 aromatic carbocycles. The molecule has 0 saturated heterocycles. The van der Waals surface area contributed by atoms with Gasteiger partial charge in [0.25, 0.3) is 11.3 Å². The molecule has 0 fully saturated rings. The summed E-state index contributed by atoms with van der Waals surface area (Å²) < 4.78 is 6.53. The van der Waals surface area contributed by atoms with Crippen molar-refractivity contribution in [2.45, 2.75) is 13.3 Å². The summed E-state index contributed by atoms with van der Waals surface area (Å²) in [6.07, 6.45) is 2.26. The lowest BCUT2D eigenvalue weighted by Gasteiger charge is -1.95. The smallest absolute Gasteiger partial charge is 0.274 e. The summed E-state index contributed by atoms with van der Waals surface area (Å²) >= 11 is 0. The van der Waals surface area contributed by atoms with Gasteiger partial charge < -0.3 is 4.42 Å². The maximum Gasteiger partial charge on any atom is 0.274 e. The maximum atomic E-state index is 11.8. The van der Waals surface area contributed by atoms with Gasteiger partial charge in [-0.05, 0) is 12.1 Å². The van der Waals surface area contributed by atoms with Crippen molar-refractivity contribution >= 4 is 5.78 Å². The van der Waals surface area contributed by atoms with E-state index >= 15 is 0 Å². The largest absolute Gasteiger partial charge is 0.463 e. The van der Waals surface area contributed by atoms with Gasteiger partial charge in [-0.25, -0.2) is 4.98 Å². The van der Waals surface area contributed by atoms with Crippen LogP contribution < -0.4 is 5.56 Å². The first-order valence-corrected chi connectivity index (χ1v) is 5.30. The highest BCUT2D eigenvalue weighted by Crippen LogP contribution is 2.15. The summed E-state index contributed by atoms with van der Waals surface area (Å²) in [7, 11) is 0. The predicted octanol–water partition coefficient (Wildman–Crippen LogP) is 1.24. The molecule has 0 aliphatic carbocycles. The van der Waals surface area contributed by atoms with Gasteiger partial charge in [-0.15, -0.1) is 0 Å². The van der Waals surface area contributed by atoms with Gasteiger partial charge in [-0.1, -0.05) is 6.92 Å². The van der Waals surface area contributed by atoms with Gasteiger partial charge in [-0.2, -0.15) is 9.50 Å². The molecule has 0 amide bonds. The summed E-state index contributed by atoms with van der Waals surface area (Å²) in [6.45, 7) is 1.95. The Hall–Kier alpha value is -2.37. The van der Waals surface area contributed by atoms with E-state index < -0.39 is 0 Å². The fraction of sp³-hybridized carbons (Fsp3) is 0.182. The molecular formula is C11H10N4O2. The SMILES string of the molecule is CCc1nc2nc(-c3ccco3)cc(=O)n2[nH]1. The molecular weight excluding hydrogens is 220 g/mol. The topological polar surface area (TPSA) is 76.2 Å². The molecule has 6 heteroatoms. The lowest BCUT2D eigenvalue weighted by atomic mass is 10.3. The van der Waals surface area contributed by atoms with Crippen molar-refractivity contribution in [3.05, 3.63) is 40.6 Å². The molecule has 0 saturated carbocycles. The van der Waals surface area contributed by atoms with Crippen LogP contribution in [0.25, 0.3) is 17.2 Å². The number of aromatic nitrogens is 4. The summed E-state index contributed by atoms with van der Waals surface area (Å²) in [6, 6.07) is 4.93. The Morgan fingerprint density at radius 1 is 1.47 bits per heavy atom. The fourth-order valence-corrected chi connectivity index (χ4v) is 1.63. The van der Waals surface area contributed by atoms with Crippen molar-refractivity contribution in [3.63, 3.8) is 0 Å². The van der Waals surface area contributed by atoms with Crippen LogP contribution in [0.3, 0.4) is 0 Å². The average Bonchev–Trinajstić information content (AvgIpc) is 2.97. The predicted molar refractivity (Wildman–Crippen MR) is 60.7 cm³/mol. The Labute approximate surface area is 95.9 Å². The number of aromatic amines is 1. The number of nitrogens with one attached hydrogen (secondary N) is 1. The molecule has 6 nitrogen and oxygen atoms in total. The first kappa shape index (κ1) is 9.83. The maximum absolute atomic E-state index is 11.8. The van der Waals surface area contributed by atoms with Crippen LogP contribution >= 0.6 is 0 Å². The van der Waals surface area contributed by atoms with Crippen LogP contribution in [0.2, 0.25) is 0 Å². The molecule has 3 aromatic rings. The molecule has 0 atom stereocenters. The first-order valence-electron chi connectivity index (χ1n) is 5.30. The second-order valence-electron chi connectivity index (χ2n) is 3.62. The quantitative estimate of drug-likeness (QED) is 0.718. The molecule has 0 bridgehead atoms. The monoisotopic (exact) mass is 230 g/mol. The van der Waals surface area contributed by atoms with Crippen molar-refractivity contribution in [3.8, 4) is 11.5 Å². The van der Waals surface area contributed by atoms with Crippen molar-refractivity contribution in [2.24, 2.45) is 0 Å². The highest BCUT2D eigenvalue weighted by Gasteiger charge is 2.09. The second kappa shape index (κ2) is 3.58. The molecule has 3 heterocycles. The average molecular weight is 230 g/mol. The third-order valence-electron chi connectivity index (χ3n) is 2.49. The lowest BCUT2D eigenvalue weighted by Crippen LogP contribution is -2.14. The number of fused-ring (bicyclic) bond motifs is 1. The Kier molecular flexibility index (Phi) is 2.07. The van der Waals surface area contributed by atoms with Gasteiger partial charge in [0.05, 0.1) is 6.26 Å². The van der Waals surface area contributed by atoms with Gasteiger partial charge in [0.1, 0.15) is 11.5 Å². The minimum atomic E-state index is -0.200. The molecule has 0 spiro atoms. The third-order valence-corrected chi connectivity index (χ3v) is 2.49. The van der Waals surface area contributed by atoms with Gasteiger partial charge in [-0.3, -0.25) is 9.89 Å². The number of hydrogen-bond acceptors (Lipinski definition) is 4. The molecule has 0 aliphatic heterocycles. The molecule has 1 N–H and O–H groups in total. The number of nitrogens with zero attached hydrogens (tertiary/aromatic N) is 3. The number of furan rings is 1. The van der Waals surface area contributed by atoms with E-state index in [9.17, 15) is 4.79 Å². The van der Waals surface area contributed by atoms with Gasteiger partial charge in [0.15, 0.2) is 5.76 Å². The fourth-order valence-electron chi connectivity index (χ4n) is 1.63. The van der Waals surface area contributed by atoms with Gasteiger partial charge >= 0.3 is 0 Å². The van der Waals surface area contributed by atoms with E-state index in [1.807, 2.05) is 6.92 Å². The summed E-state index contributed by atoms with van der Waals surface area (Å²) in [5.41, 5.74) is 0.294. The zero-order valence-electron chi connectivity index (χ0n) is 9.17. The zero-order valence-corrected chi connectivity index (χ0v) is 9.17. The van der Waals surface area contributed by atoms with Crippen molar-refractivity contribution in [1.29, 1.82) is 0 Å². The van der Waals surface area contributed by atoms with E-state index in [2.05, 4.69) is 15.1 Å². The number of H-pyrrole nitrogens is 1. The van der Waals surface area contributed by atoms with Crippen LogP contribution in [0.5, 0.6) is 0 Å². The standard InChI is InChI=1S/C11H10N4O2/c1-2-9-13-11-12-7(8-4-3-5-17-8)6-10(16)15(11)14-9/h3-6H,2H2,1H3,(H,12,13,14). The van der Waals surface area contributed by atoms with E-state index in [1.165, 1.54) is 10.6 Å². The molecule has 0 aliphatic rings. The van der Waals surface area contributed by atoms with Crippen molar-refractivity contribution in [1.82, 2.24) is 19.6 Å². The van der Waals surface area contributed by atoms with Crippen LogP contribution in [0, 0.1) is 0 Å². The number of aryl methyl sites for hydroxylation is 1. The van der Waals surface area contributed by atoms with Crippen LogP contribution in [0.15, 0.2) is 33.7 Å². The second-order valence-corrected chi connectivity index (χ2v) is 3.62. The van der Waals surface area contributed by atoms with Crippen LogP contribution in [-0.2, 0) is 6.42 Å². The highest BCUT2D eigenvalue weighted by atomic mass is 16.3. The molecule has 86 valence electrons. The molecule has 3 aromatic heterocycles.